The van der Waals surface area contributed by atoms with Gasteiger partial charge in [0.25, 0.3) is 5.91 Å². The van der Waals surface area contributed by atoms with Crippen LogP contribution in [-0.2, 0) is 9.53 Å². The standard InChI is InChI=1S/C14H21NO4/c1-10(8-18-3)15-14(17)9-19-13-7-5-4-6-12(13)11(2)16/h4-7,10-11,16H,8-9H2,1-3H3,(H,15,17). The van der Waals surface area contributed by atoms with Crippen molar-refractivity contribution in [3.8, 4) is 5.75 Å². The van der Waals surface area contributed by atoms with Crippen molar-refractivity contribution in [2.75, 3.05) is 20.3 Å². The SMILES string of the molecule is COCC(C)NC(=O)COc1ccccc1C(C)O. The molecular formula is C14H21NO4. The number of aliphatic hydroxyl groups is 1. The zero-order valence-electron chi connectivity index (χ0n) is 11.6. The molecule has 1 rings (SSSR count). The van der Waals surface area contributed by atoms with E-state index in [-0.39, 0.29) is 18.6 Å². The quantitative estimate of drug-likeness (QED) is 0.780. The molecule has 0 aromatic heterocycles. The average Bonchev–Trinajstić information content (AvgIpc) is 2.36. The second-order valence-corrected chi connectivity index (χ2v) is 4.43. The first kappa shape index (κ1) is 15.5. The van der Waals surface area contributed by atoms with Gasteiger partial charge >= 0.3 is 0 Å². The smallest absolute Gasteiger partial charge is 0.258 e. The number of benzene rings is 1. The third kappa shape index (κ3) is 5.28. The summed E-state index contributed by atoms with van der Waals surface area (Å²) < 4.78 is 10.4. The monoisotopic (exact) mass is 267 g/mol. The number of hydrogen-bond donors (Lipinski definition) is 2. The predicted molar refractivity (Wildman–Crippen MR) is 72.1 cm³/mol. The van der Waals surface area contributed by atoms with Crippen LogP contribution in [0.15, 0.2) is 24.3 Å². The van der Waals surface area contributed by atoms with Gasteiger partial charge in [-0.2, -0.15) is 0 Å². The summed E-state index contributed by atoms with van der Waals surface area (Å²) in [5.41, 5.74) is 0.667. The molecule has 19 heavy (non-hydrogen) atoms. The average molecular weight is 267 g/mol. The van der Waals surface area contributed by atoms with E-state index in [0.717, 1.165) is 0 Å². The van der Waals surface area contributed by atoms with Gasteiger partial charge in [0.1, 0.15) is 5.75 Å². The summed E-state index contributed by atoms with van der Waals surface area (Å²) in [6.07, 6.45) is -0.633. The number of hydrogen-bond acceptors (Lipinski definition) is 4. The van der Waals surface area contributed by atoms with Crippen molar-refractivity contribution in [1.29, 1.82) is 0 Å². The van der Waals surface area contributed by atoms with E-state index in [1.165, 1.54) is 0 Å². The van der Waals surface area contributed by atoms with Crippen LogP contribution in [0.3, 0.4) is 0 Å². The molecular weight excluding hydrogens is 246 g/mol. The van der Waals surface area contributed by atoms with Crippen molar-refractivity contribution in [2.45, 2.75) is 26.0 Å². The van der Waals surface area contributed by atoms with Gasteiger partial charge in [-0.3, -0.25) is 4.79 Å². The van der Waals surface area contributed by atoms with Crippen LogP contribution in [0.5, 0.6) is 5.75 Å². The van der Waals surface area contributed by atoms with E-state index in [4.69, 9.17) is 9.47 Å². The molecule has 1 aromatic rings. The molecule has 2 N–H and O–H groups in total. The zero-order chi connectivity index (χ0) is 14.3. The topological polar surface area (TPSA) is 67.8 Å². The first-order chi connectivity index (χ1) is 9.04. The van der Waals surface area contributed by atoms with E-state index in [9.17, 15) is 9.90 Å². The molecule has 5 nitrogen and oxygen atoms in total. The van der Waals surface area contributed by atoms with Gasteiger partial charge in [0, 0.05) is 18.7 Å². The second kappa shape index (κ2) is 7.76. The van der Waals surface area contributed by atoms with Gasteiger partial charge in [0.15, 0.2) is 6.61 Å². The van der Waals surface area contributed by atoms with Gasteiger partial charge in [0.05, 0.1) is 12.7 Å². The molecule has 0 aliphatic heterocycles. The maximum Gasteiger partial charge on any atom is 0.258 e. The highest BCUT2D eigenvalue weighted by molar-refractivity contribution is 5.77. The van der Waals surface area contributed by atoms with Gasteiger partial charge in [-0.15, -0.1) is 0 Å². The molecule has 2 unspecified atom stereocenters. The number of carbonyl (C=O) groups is 1. The molecule has 0 radical (unpaired) electrons. The highest BCUT2D eigenvalue weighted by Gasteiger charge is 2.11. The maximum absolute atomic E-state index is 11.6. The van der Waals surface area contributed by atoms with Gasteiger partial charge in [-0.1, -0.05) is 18.2 Å². The lowest BCUT2D eigenvalue weighted by Crippen LogP contribution is -2.38. The van der Waals surface area contributed by atoms with Crippen LogP contribution in [0.4, 0.5) is 0 Å². The summed E-state index contributed by atoms with van der Waals surface area (Å²) >= 11 is 0. The molecule has 0 saturated carbocycles. The van der Waals surface area contributed by atoms with E-state index in [0.29, 0.717) is 17.9 Å². The van der Waals surface area contributed by atoms with Crippen molar-refractivity contribution >= 4 is 5.91 Å². The molecule has 0 fully saturated rings. The Labute approximate surface area is 113 Å². The van der Waals surface area contributed by atoms with Gasteiger partial charge in [-0.25, -0.2) is 0 Å². The Hall–Kier alpha value is -1.59. The minimum atomic E-state index is -0.633. The van der Waals surface area contributed by atoms with Crippen LogP contribution < -0.4 is 10.1 Å². The first-order valence-corrected chi connectivity index (χ1v) is 6.22. The molecule has 0 bridgehead atoms. The lowest BCUT2D eigenvalue weighted by atomic mass is 10.1. The van der Waals surface area contributed by atoms with Crippen LogP contribution in [0.2, 0.25) is 0 Å². The fourth-order valence-corrected chi connectivity index (χ4v) is 1.71. The molecule has 0 aliphatic rings. The van der Waals surface area contributed by atoms with Crippen LogP contribution in [-0.4, -0.2) is 37.4 Å². The van der Waals surface area contributed by atoms with E-state index >= 15 is 0 Å². The number of para-hydroxylation sites is 1. The maximum atomic E-state index is 11.6. The lowest BCUT2D eigenvalue weighted by Gasteiger charge is -2.15. The van der Waals surface area contributed by atoms with Gasteiger partial charge in [-0.05, 0) is 19.9 Å². The largest absolute Gasteiger partial charge is 0.483 e. The Balaban J connectivity index is 2.50. The highest BCUT2D eigenvalue weighted by Crippen LogP contribution is 2.24. The lowest BCUT2D eigenvalue weighted by molar-refractivity contribution is -0.124. The molecule has 0 saturated heterocycles. The Kier molecular flexibility index (Phi) is 6.32. The molecule has 0 spiro atoms. The summed E-state index contributed by atoms with van der Waals surface area (Å²) in [5, 5.41) is 12.3. The number of nitrogens with one attached hydrogen (secondary N) is 1. The Morgan fingerprint density at radius 1 is 1.37 bits per heavy atom. The van der Waals surface area contributed by atoms with Gasteiger partial charge in [0.2, 0.25) is 0 Å². The predicted octanol–water partition coefficient (Wildman–Crippen LogP) is 1.27. The van der Waals surface area contributed by atoms with Crippen LogP contribution in [0, 0.1) is 0 Å². The van der Waals surface area contributed by atoms with Gasteiger partial charge < -0.3 is 19.9 Å². The van der Waals surface area contributed by atoms with Crippen molar-refractivity contribution < 1.29 is 19.4 Å². The number of ether oxygens (including phenoxy) is 2. The number of rotatable bonds is 7. The zero-order valence-corrected chi connectivity index (χ0v) is 11.6. The fourth-order valence-electron chi connectivity index (χ4n) is 1.71. The number of aliphatic hydroxyl groups excluding tert-OH is 1. The second-order valence-electron chi connectivity index (χ2n) is 4.43. The molecule has 2 atom stereocenters. The third-order valence-corrected chi connectivity index (χ3v) is 2.55. The van der Waals surface area contributed by atoms with E-state index in [1.807, 2.05) is 13.0 Å². The van der Waals surface area contributed by atoms with E-state index in [1.54, 1.807) is 32.2 Å². The molecule has 1 aromatic carbocycles. The Morgan fingerprint density at radius 2 is 2.05 bits per heavy atom. The van der Waals surface area contributed by atoms with Crippen molar-refractivity contribution in [2.24, 2.45) is 0 Å². The molecule has 1 amide bonds. The van der Waals surface area contributed by atoms with Crippen LogP contribution >= 0.6 is 0 Å². The number of carbonyl (C=O) groups excluding carboxylic acids is 1. The summed E-state index contributed by atoms with van der Waals surface area (Å²) in [6.45, 7) is 3.88. The fraction of sp³-hybridized carbons (Fsp3) is 0.500. The molecule has 0 aliphatic carbocycles. The minimum absolute atomic E-state index is 0.0619. The third-order valence-electron chi connectivity index (χ3n) is 2.55. The molecule has 106 valence electrons. The molecule has 0 heterocycles. The summed E-state index contributed by atoms with van der Waals surface area (Å²) in [7, 11) is 1.58. The Morgan fingerprint density at radius 3 is 2.68 bits per heavy atom. The van der Waals surface area contributed by atoms with Crippen LogP contribution in [0.25, 0.3) is 0 Å². The summed E-state index contributed by atoms with van der Waals surface area (Å²) in [4.78, 5) is 11.6. The normalized spacial score (nSPS) is 13.7. The summed E-state index contributed by atoms with van der Waals surface area (Å²) in [6, 6.07) is 7.05. The van der Waals surface area contributed by atoms with Crippen LogP contribution in [0.1, 0.15) is 25.5 Å². The highest BCUT2D eigenvalue weighted by atomic mass is 16.5. The van der Waals surface area contributed by atoms with E-state index in [2.05, 4.69) is 5.32 Å². The summed E-state index contributed by atoms with van der Waals surface area (Å²) in [5.74, 6) is 0.303. The van der Waals surface area contributed by atoms with E-state index < -0.39 is 6.10 Å². The van der Waals surface area contributed by atoms with Crippen molar-refractivity contribution in [1.82, 2.24) is 5.32 Å². The van der Waals surface area contributed by atoms with Crippen molar-refractivity contribution in [3.63, 3.8) is 0 Å². The number of amides is 1. The number of methoxy groups -OCH3 is 1. The molecule has 5 heteroatoms. The minimum Gasteiger partial charge on any atom is -0.483 e. The first-order valence-electron chi connectivity index (χ1n) is 6.22. The van der Waals surface area contributed by atoms with Crippen molar-refractivity contribution in [3.05, 3.63) is 29.8 Å². The Bertz CT molecular complexity index is 406.